The zero-order chi connectivity index (χ0) is 17.5. The first-order valence-electron chi connectivity index (χ1n) is 8.26. The van der Waals surface area contributed by atoms with Gasteiger partial charge < -0.3 is 14.6 Å². The standard InChI is InChI=1S/C20H21N3O2/c1-16-14-22-20(17-8-4-2-5-9-17)23(16)13-12-21-19(24)15-25-18-10-6-3-7-11-18/h2-11,14H,12-13,15H2,1H3,(H,21,24). The van der Waals surface area contributed by atoms with E-state index in [9.17, 15) is 4.79 Å². The minimum atomic E-state index is -0.136. The predicted octanol–water partition coefficient (Wildman–Crippen LogP) is 3.05. The number of para-hydroxylation sites is 1. The quantitative estimate of drug-likeness (QED) is 0.722. The summed E-state index contributed by atoms with van der Waals surface area (Å²) < 4.78 is 7.55. The molecule has 0 aliphatic carbocycles. The number of amides is 1. The van der Waals surface area contributed by atoms with Gasteiger partial charge in [0.15, 0.2) is 6.61 Å². The molecule has 0 spiro atoms. The van der Waals surface area contributed by atoms with Gasteiger partial charge in [0.05, 0.1) is 0 Å². The fraction of sp³-hybridized carbons (Fsp3) is 0.200. The molecule has 0 saturated heterocycles. The van der Waals surface area contributed by atoms with Crippen LogP contribution in [-0.4, -0.2) is 28.6 Å². The molecule has 1 amide bonds. The number of nitrogens with one attached hydrogen (secondary N) is 1. The molecule has 0 aliphatic heterocycles. The van der Waals surface area contributed by atoms with E-state index in [4.69, 9.17) is 4.74 Å². The lowest BCUT2D eigenvalue weighted by Crippen LogP contribution is -2.31. The van der Waals surface area contributed by atoms with Gasteiger partial charge in [0, 0.05) is 30.5 Å². The van der Waals surface area contributed by atoms with Crippen molar-refractivity contribution in [2.24, 2.45) is 0 Å². The van der Waals surface area contributed by atoms with E-state index in [-0.39, 0.29) is 12.5 Å². The van der Waals surface area contributed by atoms with Crippen LogP contribution in [-0.2, 0) is 11.3 Å². The van der Waals surface area contributed by atoms with E-state index >= 15 is 0 Å². The lowest BCUT2D eigenvalue weighted by Gasteiger charge is -2.12. The number of aryl methyl sites for hydroxylation is 1. The van der Waals surface area contributed by atoms with Crippen LogP contribution in [0.25, 0.3) is 11.4 Å². The summed E-state index contributed by atoms with van der Waals surface area (Å²) in [4.78, 5) is 16.4. The Labute approximate surface area is 147 Å². The van der Waals surface area contributed by atoms with Crippen molar-refractivity contribution in [3.05, 3.63) is 72.6 Å². The summed E-state index contributed by atoms with van der Waals surface area (Å²) in [5.74, 6) is 1.46. The first-order valence-corrected chi connectivity index (χ1v) is 8.26. The van der Waals surface area contributed by atoms with Crippen molar-refractivity contribution in [1.82, 2.24) is 14.9 Å². The molecule has 25 heavy (non-hydrogen) atoms. The Morgan fingerprint density at radius 2 is 1.76 bits per heavy atom. The van der Waals surface area contributed by atoms with Gasteiger partial charge in [0.25, 0.3) is 5.91 Å². The van der Waals surface area contributed by atoms with Crippen LogP contribution in [0.4, 0.5) is 0 Å². The molecule has 3 aromatic rings. The molecule has 1 N–H and O–H groups in total. The average Bonchev–Trinajstić information content (AvgIpc) is 3.02. The Kier molecular flexibility index (Phi) is 5.46. The number of hydrogen-bond acceptors (Lipinski definition) is 3. The lowest BCUT2D eigenvalue weighted by molar-refractivity contribution is -0.123. The van der Waals surface area contributed by atoms with E-state index in [1.807, 2.05) is 73.8 Å². The van der Waals surface area contributed by atoms with Crippen LogP contribution in [0, 0.1) is 6.92 Å². The molecule has 0 unspecified atom stereocenters. The highest BCUT2D eigenvalue weighted by Gasteiger charge is 2.09. The SMILES string of the molecule is Cc1cnc(-c2ccccc2)n1CCNC(=O)COc1ccccc1. The third kappa shape index (κ3) is 4.47. The first-order chi connectivity index (χ1) is 12.2. The molecule has 0 aliphatic rings. The van der Waals surface area contributed by atoms with Gasteiger partial charge in [-0.2, -0.15) is 0 Å². The summed E-state index contributed by atoms with van der Waals surface area (Å²) in [5.41, 5.74) is 2.13. The minimum Gasteiger partial charge on any atom is -0.484 e. The fourth-order valence-electron chi connectivity index (χ4n) is 2.58. The van der Waals surface area contributed by atoms with Crippen LogP contribution in [0.2, 0.25) is 0 Å². The molecule has 3 rings (SSSR count). The second-order valence-corrected chi connectivity index (χ2v) is 5.69. The molecule has 0 radical (unpaired) electrons. The summed E-state index contributed by atoms with van der Waals surface area (Å²) in [5, 5.41) is 2.88. The molecule has 5 heteroatoms. The molecule has 0 bridgehead atoms. The largest absolute Gasteiger partial charge is 0.484 e. The maximum Gasteiger partial charge on any atom is 0.258 e. The van der Waals surface area contributed by atoms with Crippen LogP contribution in [0.15, 0.2) is 66.9 Å². The van der Waals surface area contributed by atoms with E-state index in [0.717, 1.165) is 17.1 Å². The molecule has 1 heterocycles. The second kappa shape index (κ2) is 8.15. The van der Waals surface area contributed by atoms with Gasteiger partial charge in [-0.25, -0.2) is 4.98 Å². The molecule has 1 aromatic heterocycles. The zero-order valence-electron chi connectivity index (χ0n) is 14.2. The first kappa shape index (κ1) is 16.8. The smallest absolute Gasteiger partial charge is 0.258 e. The van der Waals surface area contributed by atoms with E-state index in [2.05, 4.69) is 14.9 Å². The van der Waals surface area contributed by atoms with Crippen molar-refractivity contribution in [2.45, 2.75) is 13.5 Å². The zero-order valence-corrected chi connectivity index (χ0v) is 14.2. The molecular weight excluding hydrogens is 314 g/mol. The van der Waals surface area contributed by atoms with E-state index in [1.54, 1.807) is 0 Å². The number of carbonyl (C=O) groups excluding carboxylic acids is 1. The monoisotopic (exact) mass is 335 g/mol. The minimum absolute atomic E-state index is 0.0124. The highest BCUT2D eigenvalue weighted by molar-refractivity contribution is 5.77. The number of ether oxygens (including phenoxy) is 1. The maximum atomic E-state index is 11.9. The molecule has 0 atom stereocenters. The van der Waals surface area contributed by atoms with Crippen molar-refractivity contribution < 1.29 is 9.53 Å². The number of carbonyl (C=O) groups is 1. The van der Waals surface area contributed by atoms with Gasteiger partial charge in [-0.15, -0.1) is 0 Å². The molecule has 2 aromatic carbocycles. The number of rotatable bonds is 7. The van der Waals surface area contributed by atoms with Crippen molar-refractivity contribution in [2.75, 3.05) is 13.2 Å². The highest BCUT2D eigenvalue weighted by Crippen LogP contribution is 2.18. The van der Waals surface area contributed by atoms with Gasteiger partial charge in [-0.05, 0) is 19.1 Å². The fourth-order valence-corrected chi connectivity index (χ4v) is 2.58. The molecular formula is C20H21N3O2. The van der Waals surface area contributed by atoms with Crippen LogP contribution in [0.1, 0.15) is 5.69 Å². The lowest BCUT2D eigenvalue weighted by atomic mass is 10.2. The number of imidazole rings is 1. The second-order valence-electron chi connectivity index (χ2n) is 5.69. The summed E-state index contributed by atoms with van der Waals surface area (Å²) >= 11 is 0. The number of hydrogen-bond donors (Lipinski definition) is 1. The summed E-state index contributed by atoms with van der Waals surface area (Å²) in [6, 6.07) is 19.3. The highest BCUT2D eigenvalue weighted by atomic mass is 16.5. The Bertz CT molecular complexity index is 813. The number of benzene rings is 2. The van der Waals surface area contributed by atoms with Crippen molar-refractivity contribution in [3.8, 4) is 17.1 Å². The van der Waals surface area contributed by atoms with Crippen LogP contribution >= 0.6 is 0 Å². The van der Waals surface area contributed by atoms with Gasteiger partial charge in [0.1, 0.15) is 11.6 Å². The predicted molar refractivity (Wildman–Crippen MR) is 97.3 cm³/mol. The summed E-state index contributed by atoms with van der Waals surface area (Å²) in [6.45, 7) is 3.21. The van der Waals surface area contributed by atoms with Crippen LogP contribution < -0.4 is 10.1 Å². The van der Waals surface area contributed by atoms with E-state index in [0.29, 0.717) is 18.8 Å². The van der Waals surface area contributed by atoms with Gasteiger partial charge in [0.2, 0.25) is 0 Å². The normalized spacial score (nSPS) is 10.4. The van der Waals surface area contributed by atoms with E-state index in [1.165, 1.54) is 0 Å². The number of nitrogens with zero attached hydrogens (tertiary/aromatic N) is 2. The topological polar surface area (TPSA) is 56.2 Å². The molecule has 128 valence electrons. The Balaban J connectivity index is 1.52. The summed E-state index contributed by atoms with van der Waals surface area (Å²) in [6.07, 6.45) is 1.85. The Morgan fingerprint density at radius 1 is 1.08 bits per heavy atom. The third-order valence-electron chi connectivity index (χ3n) is 3.86. The van der Waals surface area contributed by atoms with Gasteiger partial charge >= 0.3 is 0 Å². The van der Waals surface area contributed by atoms with Crippen molar-refractivity contribution in [1.29, 1.82) is 0 Å². The maximum absolute atomic E-state index is 11.9. The Morgan fingerprint density at radius 3 is 2.48 bits per heavy atom. The molecule has 0 saturated carbocycles. The Hall–Kier alpha value is -3.08. The van der Waals surface area contributed by atoms with Crippen molar-refractivity contribution in [3.63, 3.8) is 0 Å². The van der Waals surface area contributed by atoms with Crippen molar-refractivity contribution >= 4 is 5.91 Å². The molecule has 0 fully saturated rings. The average molecular weight is 335 g/mol. The third-order valence-corrected chi connectivity index (χ3v) is 3.86. The van der Waals surface area contributed by atoms with Crippen LogP contribution in [0.3, 0.4) is 0 Å². The summed E-state index contributed by atoms with van der Waals surface area (Å²) in [7, 11) is 0. The van der Waals surface area contributed by atoms with Gasteiger partial charge in [-0.1, -0.05) is 48.5 Å². The molecule has 5 nitrogen and oxygen atoms in total. The number of aromatic nitrogens is 2. The van der Waals surface area contributed by atoms with Gasteiger partial charge in [-0.3, -0.25) is 4.79 Å². The van der Waals surface area contributed by atoms with E-state index < -0.39 is 0 Å². The van der Waals surface area contributed by atoms with Crippen LogP contribution in [0.5, 0.6) is 5.75 Å².